The maximum absolute atomic E-state index is 12.7. The summed E-state index contributed by atoms with van der Waals surface area (Å²) < 4.78 is 24.6. The molecule has 2 bridgehead atoms. The third-order valence-corrected chi connectivity index (χ3v) is 8.33. The van der Waals surface area contributed by atoms with Crippen molar-refractivity contribution in [2.75, 3.05) is 27.4 Å². The molecule has 0 unspecified atom stereocenters. The monoisotopic (exact) mass is 571 g/mol. The number of nitrogens with zero attached hydrogens (tertiary/aromatic N) is 1. The van der Waals surface area contributed by atoms with Crippen LogP contribution in [0.3, 0.4) is 0 Å². The number of fused-ring (bicyclic) bond motifs is 2. The predicted octanol–water partition coefficient (Wildman–Crippen LogP) is 2.47. The van der Waals surface area contributed by atoms with Crippen molar-refractivity contribution < 1.29 is 24.1 Å². The highest BCUT2D eigenvalue weighted by atomic mass is 16.6. The summed E-state index contributed by atoms with van der Waals surface area (Å²) in [6, 6.07) is 25.7. The Balaban J connectivity index is 1.44. The molecule has 0 saturated carbocycles. The topological polar surface area (TPSA) is 124 Å². The number of hydrogen-bond acceptors (Lipinski definition) is 8. The molecular formula is C32H33N3O7. The molecular weight excluding hydrogens is 538 g/mol. The lowest BCUT2D eigenvalue weighted by molar-refractivity contribution is -0.174. The summed E-state index contributed by atoms with van der Waals surface area (Å²) in [5, 5.41) is 15.2. The van der Waals surface area contributed by atoms with E-state index in [0.717, 1.165) is 28.2 Å². The van der Waals surface area contributed by atoms with Gasteiger partial charge in [0.05, 0.1) is 26.4 Å². The Bertz CT molecular complexity index is 1620. The Morgan fingerprint density at radius 1 is 0.952 bits per heavy atom. The number of nitrogens with one attached hydrogen (secondary N) is 2. The summed E-state index contributed by atoms with van der Waals surface area (Å²) in [7, 11) is 3.25. The lowest BCUT2D eigenvalue weighted by Crippen LogP contribution is -2.56. The van der Waals surface area contributed by atoms with Crippen molar-refractivity contribution in [2.45, 2.75) is 36.5 Å². The second kappa shape index (κ2) is 10.9. The summed E-state index contributed by atoms with van der Waals surface area (Å²) in [6.07, 6.45) is -1.30. The third kappa shape index (κ3) is 4.53. The van der Waals surface area contributed by atoms with E-state index in [1.54, 1.807) is 21.1 Å². The molecule has 4 aromatic rings. The van der Waals surface area contributed by atoms with Crippen LogP contribution in [0.4, 0.5) is 0 Å². The average molecular weight is 572 g/mol. The summed E-state index contributed by atoms with van der Waals surface area (Å²) in [6.45, 7) is 1.90. The van der Waals surface area contributed by atoms with Crippen molar-refractivity contribution in [3.8, 4) is 11.5 Å². The number of hydrogen-bond donors (Lipinski definition) is 3. The molecule has 2 aliphatic heterocycles. The van der Waals surface area contributed by atoms with E-state index in [1.165, 1.54) is 10.8 Å². The van der Waals surface area contributed by atoms with Gasteiger partial charge in [-0.25, -0.2) is 4.79 Å². The van der Waals surface area contributed by atoms with E-state index in [1.807, 2.05) is 78.9 Å². The molecule has 2 fully saturated rings. The minimum absolute atomic E-state index is 0.121. The first kappa shape index (κ1) is 27.9. The number of benzene rings is 3. The molecule has 0 spiro atoms. The first-order valence-electron chi connectivity index (χ1n) is 13.7. The van der Waals surface area contributed by atoms with Crippen molar-refractivity contribution in [1.29, 1.82) is 0 Å². The van der Waals surface area contributed by atoms with Gasteiger partial charge >= 0.3 is 5.69 Å². The van der Waals surface area contributed by atoms with Crippen LogP contribution in [-0.4, -0.2) is 59.8 Å². The minimum atomic E-state index is -1.17. The molecule has 3 N–H and O–H groups in total. The molecule has 0 radical (unpaired) electrons. The van der Waals surface area contributed by atoms with Gasteiger partial charge in [-0.15, -0.1) is 0 Å². The molecule has 0 amide bonds. The molecule has 3 heterocycles. The maximum atomic E-state index is 12.7. The fourth-order valence-electron chi connectivity index (χ4n) is 6.01. The van der Waals surface area contributed by atoms with E-state index in [9.17, 15) is 14.7 Å². The van der Waals surface area contributed by atoms with Crippen LogP contribution < -0.4 is 26.0 Å². The molecule has 3 aromatic carbocycles. The summed E-state index contributed by atoms with van der Waals surface area (Å²) >= 11 is 0. The highest BCUT2D eigenvalue weighted by Crippen LogP contribution is 2.46. The van der Waals surface area contributed by atoms with Crippen LogP contribution in [0.25, 0.3) is 0 Å². The second-order valence-corrected chi connectivity index (χ2v) is 10.7. The molecule has 0 aliphatic carbocycles. The van der Waals surface area contributed by atoms with Crippen molar-refractivity contribution >= 4 is 0 Å². The number of aromatic nitrogens is 2. The Morgan fingerprint density at radius 3 is 2.10 bits per heavy atom. The van der Waals surface area contributed by atoms with Crippen LogP contribution in [0, 0.1) is 6.92 Å². The number of H-pyrrole nitrogens is 1. The molecule has 4 atom stereocenters. The molecule has 218 valence electrons. The molecule has 10 heteroatoms. The zero-order valence-electron chi connectivity index (χ0n) is 23.6. The fourth-order valence-corrected chi connectivity index (χ4v) is 6.01. The van der Waals surface area contributed by atoms with Gasteiger partial charge in [0.15, 0.2) is 6.23 Å². The summed E-state index contributed by atoms with van der Waals surface area (Å²) in [5.74, 6) is 1.44. The number of rotatable bonds is 9. The zero-order chi connectivity index (χ0) is 29.5. The van der Waals surface area contributed by atoms with Crippen LogP contribution >= 0.6 is 0 Å². The van der Waals surface area contributed by atoms with Gasteiger partial charge in [0, 0.05) is 18.3 Å². The highest BCUT2D eigenvalue weighted by Gasteiger charge is 2.62. The van der Waals surface area contributed by atoms with Gasteiger partial charge in [-0.1, -0.05) is 54.6 Å². The normalized spacial score (nSPS) is 23.2. The van der Waals surface area contributed by atoms with Gasteiger partial charge in [-0.05, 0) is 47.9 Å². The Morgan fingerprint density at radius 2 is 1.52 bits per heavy atom. The van der Waals surface area contributed by atoms with E-state index < -0.39 is 40.8 Å². The fraction of sp³-hybridized carbons (Fsp3) is 0.312. The van der Waals surface area contributed by atoms with Crippen LogP contribution in [0.5, 0.6) is 11.5 Å². The Labute approximate surface area is 242 Å². The molecule has 6 rings (SSSR count). The number of ether oxygens (including phenoxy) is 4. The largest absolute Gasteiger partial charge is 0.497 e. The minimum Gasteiger partial charge on any atom is -0.497 e. The van der Waals surface area contributed by atoms with Crippen molar-refractivity contribution in [1.82, 2.24) is 14.9 Å². The summed E-state index contributed by atoms with van der Waals surface area (Å²) in [4.78, 5) is 27.0. The number of aliphatic hydroxyl groups is 1. The van der Waals surface area contributed by atoms with Crippen molar-refractivity contribution in [3.63, 3.8) is 0 Å². The number of aromatic amines is 1. The van der Waals surface area contributed by atoms with Crippen LogP contribution in [0.2, 0.25) is 0 Å². The van der Waals surface area contributed by atoms with Crippen LogP contribution in [0.1, 0.15) is 28.5 Å². The highest BCUT2D eigenvalue weighted by molar-refractivity contribution is 5.51. The average Bonchev–Trinajstić information content (AvgIpc) is 3.49. The standard InChI is InChI=1S/C32H33N3O7/c1-20-17-35(30(38)34-28(20)37)29-26-27(36)31(42-29,19-41-26)18-33-32(21-7-5-4-6-8-21,22-9-13-24(39-2)14-10-22)23-11-15-25(40-3)16-12-23/h4-17,26-27,29,33,36H,18-19H2,1-3H3,(H,34,37,38)/t26-,27+,29-,31+/m1/s1. The molecule has 1 aromatic heterocycles. The van der Waals surface area contributed by atoms with Crippen LogP contribution in [-0.2, 0) is 15.0 Å². The van der Waals surface area contributed by atoms with Crippen molar-refractivity contribution in [2.24, 2.45) is 0 Å². The molecule has 10 nitrogen and oxygen atoms in total. The predicted molar refractivity (Wildman–Crippen MR) is 155 cm³/mol. The smallest absolute Gasteiger partial charge is 0.330 e. The third-order valence-electron chi connectivity index (χ3n) is 8.33. The van der Waals surface area contributed by atoms with E-state index >= 15 is 0 Å². The lowest BCUT2D eigenvalue weighted by atomic mass is 9.76. The Hall–Kier alpha value is -4.22. The van der Waals surface area contributed by atoms with E-state index in [4.69, 9.17) is 18.9 Å². The molecule has 42 heavy (non-hydrogen) atoms. The lowest BCUT2D eigenvalue weighted by Gasteiger charge is -2.40. The summed E-state index contributed by atoms with van der Waals surface area (Å²) in [5.41, 5.74) is 0.0254. The van der Waals surface area contributed by atoms with Gasteiger partial charge in [0.25, 0.3) is 5.56 Å². The van der Waals surface area contributed by atoms with Gasteiger partial charge in [0.2, 0.25) is 0 Å². The molecule has 2 saturated heterocycles. The SMILES string of the molecule is COc1ccc(C(NC[C@@]23CO[C@@H]([C@H](n4cc(C)c(=O)[nH]c4=O)O2)[C@@H]3O)(c2ccccc2)c2ccc(OC)cc2)cc1. The van der Waals surface area contributed by atoms with Gasteiger partial charge < -0.3 is 24.1 Å². The number of methoxy groups -OCH3 is 2. The van der Waals surface area contributed by atoms with Gasteiger partial charge in [-0.3, -0.25) is 19.7 Å². The number of aryl methyl sites for hydroxylation is 1. The van der Waals surface area contributed by atoms with E-state index in [0.29, 0.717) is 5.56 Å². The zero-order valence-corrected chi connectivity index (χ0v) is 23.6. The molecule has 2 aliphatic rings. The first-order valence-corrected chi connectivity index (χ1v) is 13.7. The van der Waals surface area contributed by atoms with E-state index in [-0.39, 0.29) is 13.2 Å². The van der Waals surface area contributed by atoms with E-state index in [2.05, 4.69) is 10.3 Å². The maximum Gasteiger partial charge on any atom is 0.330 e. The van der Waals surface area contributed by atoms with Crippen molar-refractivity contribution in [3.05, 3.63) is 128 Å². The number of aliphatic hydroxyl groups excluding tert-OH is 1. The van der Waals surface area contributed by atoms with Gasteiger partial charge in [-0.2, -0.15) is 0 Å². The van der Waals surface area contributed by atoms with Crippen LogP contribution in [0.15, 0.2) is 94.6 Å². The van der Waals surface area contributed by atoms with Gasteiger partial charge in [0.1, 0.15) is 29.3 Å². The second-order valence-electron chi connectivity index (χ2n) is 10.7. The Kier molecular flexibility index (Phi) is 7.24. The quantitative estimate of drug-likeness (QED) is 0.262. The first-order chi connectivity index (χ1) is 20.3.